The number of hydrogen-bond donors (Lipinski definition) is 1. The Kier molecular flexibility index (Phi) is 6.00. The summed E-state index contributed by atoms with van der Waals surface area (Å²) in [7, 11) is 1.63. The molecule has 1 saturated heterocycles. The SMILES string of the molecule is COc1cccc(CC(=O)N2CC[C@H](c3nc4c(c(=O)[nH]3)CN(C3CCCC3)CC4)C2)c1. The van der Waals surface area contributed by atoms with Crippen molar-refractivity contribution < 1.29 is 9.53 Å². The Hall–Kier alpha value is -2.67. The van der Waals surface area contributed by atoms with Crippen LogP contribution in [-0.2, 0) is 24.2 Å². The van der Waals surface area contributed by atoms with E-state index < -0.39 is 0 Å². The van der Waals surface area contributed by atoms with Crippen molar-refractivity contribution in [1.82, 2.24) is 19.8 Å². The molecule has 1 saturated carbocycles. The minimum Gasteiger partial charge on any atom is -0.497 e. The molecule has 0 unspecified atom stereocenters. The maximum atomic E-state index is 12.9. The Morgan fingerprint density at radius 1 is 1.22 bits per heavy atom. The zero-order chi connectivity index (χ0) is 22.1. The van der Waals surface area contributed by atoms with Crippen LogP contribution < -0.4 is 10.3 Å². The van der Waals surface area contributed by atoms with Gasteiger partial charge in [0.2, 0.25) is 5.91 Å². The third kappa shape index (κ3) is 4.31. The van der Waals surface area contributed by atoms with Gasteiger partial charge in [-0.05, 0) is 37.0 Å². The van der Waals surface area contributed by atoms with Crippen LogP contribution >= 0.6 is 0 Å². The van der Waals surface area contributed by atoms with Crippen molar-refractivity contribution in [3.8, 4) is 5.75 Å². The number of carbonyl (C=O) groups is 1. The molecule has 7 heteroatoms. The first-order valence-corrected chi connectivity index (χ1v) is 11.9. The van der Waals surface area contributed by atoms with Crippen molar-refractivity contribution in [2.24, 2.45) is 0 Å². The molecule has 2 aliphatic heterocycles. The molecule has 1 N–H and O–H groups in total. The van der Waals surface area contributed by atoms with Gasteiger partial charge in [-0.1, -0.05) is 25.0 Å². The number of carbonyl (C=O) groups excluding carboxylic acids is 1. The van der Waals surface area contributed by atoms with Gasteiger partial charge >= 0.3 is 0 Å². The molecule has 1 aromatic heterocycles. The van der Waals surface area contributed by atoms with Gasteiger partial charge in [0.15, 0.2) is 0 Å². The Morgan fingerprint density at radius 2 is 2.06 bits per heavy atom. The number of aromatic amines is 1. The highest BCUT2D eigenvalue weighted by Gasteiger charge is 2.32. The molecule has 7 nitrogen and oxygen atoms in total. The number of ether oxygens (including phenoxy) is 1. The summed E-state index contributed by atoms with van der Waals surface area (Å²) in [6, 6.07) is 8.27. The smallest absolute Gasteiger partial charge is 0.255 e. The van der Waals surface area contributed by atoms with Gasteiger partial charge in [0.05, 0.1) is 24.8 Å². The lowest BCUT2D eigenvalue weighted by Crippen LogP contribution is -2.41. The number of rotatable bonds is 5. The molecule has 3 heterocycles. The van der Waals surface area contributed by atoms with Gasteiger partial charge in [-0.2, -0.15) is 0 Å². The highest BCUT2D eigenvalue weighted by Crippen LogP contribution is 2.29. The van der Waals surface area contributed by atoms with Crippen molar-refractivity contribution in [3.05, 3.63) is 57.3 Å². The van der Waals surface area contributed by atoms with Gasteiger partial charge in [-0.15, -0.1) is 0 Å². The van der Waals surface area contributed by atoms with Gasteiger partial charge < -0.3 is 14.6 Å². The second-order valence-corrected chi connectivity index (χ2v) is 9.39. The van der Waals surface area contributed by atoms with E-state index in [1.165, 1.54) is 25.7 Å². The third-order valence-electron chi connectivity index (χ3n) is 7.37. The van der Waals surface area contributed by atoms with Crippen LogP contribution in [0, 0.1) is 0 Å². The third-order valence-corrected chi connectivity index (χ3v) is 7.37. The van der Waals surface area contributed by atoms with Crippen molar-refractivity contribution in [2.45, 2.75) is 63.5 Å². The molecule has 5 rings (SSSR count). The van der Waals surface area contributed by atoms with E-state index in [1.54, 1.807) is 7.11 Å². The molecule has 2 aromatic rings. The topological polar surface area (TPSA) is 78.5 Å². The van der Waals surface area contributed by atoms with Crippen molar-refractivity contribution >= 4 is 5.91 Å². The van der Waals surface area contributed by atoms with Crippen LogP contribution in [0.5, 0.6) is 5.75 Å². The first-order valence-electron chi connectivity index (χ1n) is 11.9. The van der Waals surface area contributed by atoms with E-state index in [1.807, 2.05) is 29.2 Å². The zero-order valence-corrected chi connectivity index (χ0v) is 18.8. The second kappa shape index (κ2) is 9.06. The van der Waals surface area contributed by atoms with Crippen molar-refractivity contribution in [3.63, 3.8) is 0 Å². The molecule has 3 aliphatic rings. The zero-order valence-electron chi connectivity index (χ0n) is 18.8. The number of methoxy groups -OCH3 is 1. The number of fused-ring (bicyclic) bond motifs is 1. The number of aromatic nitrogens is 2. The molecule has 1 aliphatic carbocycles. The minimum absolute atomic E-state index is 0.00820. The van der Waals surface area contributed by atoms with Gasteiger partial charge in [0.1, 0.15) is 11.6 Å². The number of nitrogens with zero attached hydrogens (tertiary/aromatic N) is 3. The van der Waals surface area contributed by atoms with Crippen LogP contribution in [0.2, 0.25) is 0 Å². The number of hydrogen-bond acceptors (Lipinski definition) is 5. The number of likely N-dealkylation sites (tertiary alicyclic amines) is 1. The minimum atomic E-state index is 0.00820. The van der Waals surface area contributed by atoms with Gasteiger partial charge in [0, 0.05) is 44.6 Å². The predicted octanol–water partition coefficient (Wildman–Crippen LogP) is 2.64. The fourth-order valence-corrected chi connectivity index (χ4v) is 5.52. The number of H-pyrrole nitrogens is 1. The summed E-state index contributed by atoms with van der Waals surface area (Å²) in [5.74, 6) is 1.71. The average molecular weight is 437 g/mol. The summed E-state index contributed by atoms with van der Waals surface area (Å²) in [5.41, 5.74) is 2.76. The van der Waals surface area contributed by atoms with Crippen molar-refractivity contribution in [2.75, 3.05) is 26.7 Å². The normalized spacial score (nSPS) is 21.7. The largest absolute Gasteiger partial charge is 0.497 e. The Bertz CT molecular complexity index is 1040. The average Bonchev–Trinajstić information content (AvgIpc) is 3.52. The first kappa shape index (κ1) is 21.2. The van der Waals surface area contributed by atoms with Crippen LogP contribution in [0.4, 0.5) is 0 Å². The van der Waals surface area contributed by atoms with E-state index in [0.717, 1.165) is 54.3 Å². The quantitative estimate of drug-likeness (QED) is 0.780. The summed E-state index contributed by atoms with van der Waals surface area (Å²) in [6.45, 7) is 3.02. The van der Waals surface area contributed by atoms with E-state index >= 15 is 0 Å². The van der Waals surface area contributed by atoms with Crippen LogP contribution in [0.1, 0.15) is 60.7 Å². The molecule has 1 atom stereocenters. The molecule has 170 valence electrons. The fraction of sp³-hybridized carbons (Fsp3) is 0.560. The van der Waals surface area contributed by atoms with Gasteiger partial charge in [-0.25, -0.2) is 4.98 Å². The number of benzene rings is 1. The molecular weight excluding hydrogens is 404 g/mol. The van der Waals surface area contributed by atoms with E-state index in [4.69, 9.17) is 9.72 Å². The maximum Gasteiger partial charge on any atom is 0.255 e. The highest BCUT2D eigenvalue weighted by atomic mass is 16.5. The Labute approximate surface area is 188 Å². The molecule has 1 aromatic carbocycles. The van der Waals surface area contributed by atoms with Crippen molar-refractivity contribution in [1.29, 1.82) is 0 Å². The van der Waals surface area contributed by atoms with Crippen LogP contribution in [-0.4, -0.2) is 58.5 Å². The standard InChI is InChI=1S/C25H32N4O3/c1-32-20-8-4-5-17(13-20)14-23(30)29-11-9-18(15-29)24-26-22-10-12-28(19-6-2-3-7-19)16-21(22)25(31)27-24/h4-5,8,13,18-19H,2-3,6-7,9-12,14-16H2,1H3,(H,26,27,31)/t18-/m0/s1. The van der Waals surface area contributed by atoms with Gasteiger partial charge in [0.25, 0.3) is 5.56 Å². The van der Waals surface area contributed by atoms with E-state index in [0.29, 0.717) is 25.6 Å². The molecule has 32 heavy (non-hydrogen) atoms. The summed E-state index contributed by atoms with van der Waals surface area (Å²) in [5, 5.41) is 0. The summed E-state index contributed by atoms with van der Waals surface area (Å²) >= 11 is 0. The number of nitrogens with one attached hydrogen (secondary N) is 1. The molecule has 0 bridgehead atoms. The molecule has 2 fully saturated rings. The first-order chi connectivity index (χ1) is 15.6. The Morgan fingerprint density at radius 3 is 2.88 bits per heavy atom. The van der Waals surface area contributed by atoms with E-state index in [2.05, 4.69) is 9.88 Å². The molecule has 0 radical (unpaired) electrons. The van der Waals surface area contributed by atoms with Gasteiger partial charge in [-0.3, -0.25) is 14.5 Å². The number of amides is 1. The summed E-state index contributed by atoms with van der Waals surface area (Å²) < 4.78 is 5.26. The van der Waals surface area contributed by atoms with Crippen LogP contribution in [0.3, 0.4) is 0 Å². The Balaban J connectivity index is 1.25. The monoisotopic (exact) mass is 436 g/mol. The lowest BCUT2D eigenvalue weighted by Gasteiger charge is -2.32. The predicted molar refractivity (Wildman–Crippen MR) is 122 cm³/mol. The fourth-order valence-electron chi connectivity index (χ4n) is 5.52. The summed E-state index contributed by atoms with van der Waals surface area (Å²) in [4.78, 5) is 38.1. The highest BCUT2D eigenvalue weighted by molar-refractivity contribution is 5.79. The lowest BCUT2D eigenvalue weighted by molar-refractivity contribution is -0.129. The molecular formula is C25H32N4O3. The van der Waals surface area contributed by atoms with E-state index in [9.17, 15) is 9.59 Å². The molecule has 0 spiro atoms. The van der Waals surface area contributed by atoms with E-state index in [-0.39, 0.29) is 17.4 Å². The molecule has 1 amide bonds. The summed E-state index contributed by atoms with van der Waals surface area (Å²) in [6.07, 6.45) is 7.14. The van der Waals surface area contributed by atoms with Crippen LogP contribution in [0.25, 0.3) is 0 Å². The van der Waals surface area contributed by atoms with Crippen LogP contribution in [0.15, 0.2) is 29.1 Å². The second-order valence-electron chi connectivity index (χ2n) is 9.39. The maximum absolute atomic E-state index is 12.9. The lowest BCUT2D eigenvalue weighted by atomic mass is 10.0.